The van der Waals surface area contributed by atoms with Crippen LogP contribution in [0.15, 0.2) is 24.3 Å². The van der Waals surface area contributed by atoms with E-state index in [1.54, 1.807) is 16.6 Å². The highest BCUT2D eigenvalue weighted by molar-refractivity contribution is 7.16. The van der Waals surface area contributed by atoms with Crippen molar-refractivity contribution >= 4 is 16.3 Å². The Morgan fingerprint density at radius 2 is 2.05 bits per heavy atom. The standard InChI is InChI=1S/C14H9FN4S/c15-10-5-3-8(4-6-10)12-11(7-16)19-14(17-12)20-13(18-19)9-1-2-9/h3-6,9H,1-2H2. The van der Waals surface area contributed by atoms with E-state index in [1.165, 1.54) is 36.3 Å². The van der Waals surface area contributed by atoms with Crippen LogP contribution in [0.2, 0.25) is 0 Å². The fourth-order valence-corrected chi connectivity index (χ4v) is 3.24. The highest BCUT2D eigenvalue weighted by Gasteiger charge is 2.29. The topological polar surface area (TPSA) is 54.0 Å². The molecule has 0 saturated heterocycles. The number of nitriles is 1. The predicted molar refractivity (Wildman–Crippen MR) is 72.9 cm³/mol. The highest BCUT2D eigenvalue weighted by Crippen LogP contribution is 2.42. The minimum atomic E-state index is -0.303. The first-order chi connectivity index (χ1) is 9.76. The zero-order valence-electron chi connectivity index (χ0n) is 10.4. The van der Waals surface area contributed by atoms with Gasteiger partial charge in [-0.1, -0.05) is 11.3 Å². The summed E-state index contributed by atoms with van der Waals surface area (Å²) in [6.07, 6.45) is 2.34. The summed E-state index contributed by atoms with van der Waals surface area (Å²) < 4.78 is 14.6. The largest absolute Gasteiger partial charge is 0.216 e. The second-order valence-electron chi connectivity index (χ2n) is 4.84. The fraction of sp³-hybridized carbons (Fsp3) is 0.214. The first-order valence-corrected chi connectivity index (χ1v) is 7.13. The molecule has 6 heteroatoms. The smallest absolute Gasteiger partial charge is 0.214 e. The monoisotopic (exact) mass is 284 g/mol. The van der Waals surface area contributed by atoms with Gasteiger partial charge in [0.2, 0.25) is 4.96 Å². The SMILES string of the molecule is N#Cc1c(-c2ccc(F)cc2)nc2sc(C3CC3)nn12. The summed E-state index contributed by atoms with van der Waals surface area (Å²) in [7, 11) is 0. The maximum Gasteiger partial charge on any atom is 0.214 e. The number of hydrogen-bond acceptors (Lipinski definition) is 4. The number of halogens is 1. The van der Waals surface area contributed by atoms with Crippen molar-refractivity contribution in [3.05, 3.63) is 40.8 Å². The van der Waals surface area contributed by atoms with Crippen molar-refractivity contribution in [3.63, 3.8) is 0 Å². The molecule has 2 heterocycles. The van der Waals surface area contributed by atoms with Gasteiger partial charge >= 0.3 is 0 Å². The van der Waals surface area contributed by atoms with Crippen molar-refractivity contribution in [2.45, 2.75) is 18.8 Å². The Kier molecular flexibility index (Phi) is 2.38. The Balaban J connectivity index is 1.89. The van der Waals surface area contributed by atoms with Crippen LogP contribution in [-0.4, -0.2) is 14.6 Å². The van der Waals surface area contributed by atoms with E-state index in [0.717, 1.165) is 15.5 Å². The summed E-state index contributed by atoms with van der Waals surface area (Å²) in [4.78, 5) is 5.21. The molecule has 1 aliphatic carbocycles. The molecule has 0 N–H and O–H groups in total. The number of nitrogens with zero attached hydrogens (tertiary/aromatic N) is 4. The molecule has 1 fully saturated rings. The number of benzene rings is 1. The molecular formula is C14H9FN4S. The number of imidazole rings is 1. The van der Waals surface area contributed by atoms with E-state index in [9.17, 15) is 9.65 Å². The van der Waals surface area contributed by atoms with Crippen LogP contribution < -0.4 is 0 Å². The molecule has 4 rings (SSSR count). The van der Waals surface area contributed by atoms with E-state index in [1.807, 2.05) is 0 Å². The number of hydrogen-bond donors (Lipinski definition) is 0. The van der Waals surface area contributed by atoms with Crippen molar-refractivity contribution in [1.82, 2.24) is 14.6 Å². The van der Waals surface area contributed by atoms with Crippen LogP contribution in [0.3, 0.4) is 0 Å². The van der Waals surface area contributed by atoms with Crippen LogP contribution in [-0.2, 0) is 0 Å². The summed E-state index contributed by atoms with van der Waals surface area (Å²) in [5, 5.41) is 14.9. The van der Waals surface area contributed by atoms with Crippen molar-refractivity contribution in [2.24, 2.45) is 0 Å². The second-order valence-corrected chi connectivity index (χ2v) is 5.82. The van der Waals surface area contributed by atoms with E-state index in [4.69, 9.17) is 0 Å². The van der Waals surface area contributed by atoms with Crippen LogP contribution in [0, 0.1) is 17.1 Å². The molecule has 0 aliphatic heterocycles. The molecule has 98 valence electrons. The van der Waals surface area contributed by atoms with Crippen LogP contribution in [0.5, 0.6) is 0 Å². The third-order valence-electron chi connectivity index (χ3n) is 3.37. The molecule has 0 atom stereocenters. The first kappa shape index (κ1) is 11.6. The maximum absolute atomic E-state index is 13.0. The van der Waals surface area contributed by atoms with E-state index < -0.39 is 0 Å². The van der Waals surface area contributed by atoms with Crippen molar-refractivity contribution in [2.75, 3.05) is 0 Å². The lowest BCUT2D eigenvalue weighted by Crippen LogP contribution is -1.92. The molecule has 0 radical (unpaired) electrons. The third kappa shape index (κ3) is 1.71. The van der Waals surface area contributed by atoms with Crippen molar-refractivity contribution in [3.8, 4) is 17.3 Å². The summed E-state index contributed by atoms with van der Waals surface area (Å²) in [6, 6.07) is 8.15. The normalized spacial score (nSPS) is 14.6. The maximum atomic E-state index is 13.0. The Morgan fingerprint density at radius 3 is 2.70 bits per heavy atom. The van der Waals surface area contributed by atoms with Gasteiger partial charge in [0.25, 0.3) is 0 Å². The molecule has 3 aromatic rings. The van der Waals surface area contributed by atoms with E-state index in [0.29, 0.717) is 17.3 Å². The van der Waals surface area contributed by atoms with Gasteiger partial charge in [-0.25, -0.2) is 9.37 Å². The Morgan fingerprint density at radius 1 is 1.30 bits per heavy atom. The quantitative estimate of drug-likeness (QED) is 0.725. The molecule has 20 heavy (non-hydrogen) atoms. The molecule has 1 aliphatic rings. The molecule has 1 aromatic carbocycles. The second kappa shape index (κ2) is 4.12. The summed E-state index contributed by atoms with van der Waals surface area (Å²) in [5.41, 5.74) is 1.71. The van der Waals surface area contributed by atoms with Crippen LogP contribution >= 0.6 is 11.3 Å². The van der Waals surface area contributed by atoms with Crippen molar-refractivity contribution in [1.29, 1.82) is 5.26 Å². The summed E-state index contributed by atoms with van der Waals surface area (Å²) >= 11 is 1.53. The highest BCUT2D eigenvalue weighted by atomic mass is 32.1. The van der Waals surface area contributed by atoms with Crippen LogP contribution in [0.25, 0.3) is 16.2 Å². The van der Waals surface area contributed by atoms with Gasteiger partial charge < -0.3 is 0 Å². The molecule has 0 amide bonds. The van der Waals surface area contributed by atoms with E-state index in [-0.39, 0.29) is 5.82 Å². The van der Waals surface area contributed by atoms with Gasteiger partial charge in [0.15, 0.2) is 5.69 Å². The molecule has 4 nitrogen and oxygen atoms in total. The van der Waals surface area contributed by atoms with E-state index >= 15 is 0 Å². The van der Waals surface area contributed by atoms with Gasteiger partial charge in [-0.05, 0) is 37.1 Å². The summed E-state index contributed by atoms with van der Waals surface area (Å²) in [5.74, 6) is 0.241. The van der Waals surface area contributed by atoms with Gasteiger partial charge in [0.1, 0.15) is 22.6 Å². The lowest BCUT2D eigenvalue weighted by atomic mass is 10.1. The average molecular weight is 284 g/mol. The predicted octanol–water partition coefficient (Wildman–Crippen LogP) is 3.35. The average Bonchev–Trinajstić information content (AvgIpc) is 3.13. The minimum Gasteiger partial charge on any atom is -0.216 e. The third-order valence-corrected chi connectivity index (χ3v) is 4.44. The minimum absolute atomic E-state index is 0.303. The fourth-order valence-electron chi connectivity index (χ4n) is 2.17. The number of fused-ring (bicyclic) bond motifs is 1. The van der Waals surface area contributed by atoms with Gasteiger partial charge in [0.05, 0.1) is 0 Å². The Bertz CT molecular complexity index is 837. The molecule has 2 aromatic heterocycles. The zero-order valence-corrected chi connectivity index (χ0v) is 11.2. The van der Waals surface area contributed by atoms with Gasteiger partial charge in [-0.15, -0.1) is 0 Å². The lowest BCUT2D eigenvalue weighted by Gasteiger charge is -1.97. The van der Waals surface area contributed by atoms with Gasteiger partial charge in [-0.3, -0.25) is 0 Å². The van der Waals surface area contributed by atoms with Crippen LogP contribution in [0.1, 0.15) is 29.5 Å². The zero-order chi connectivity index (χ0) is 13.7. The molecule has 0 spiro atoms. The molecule has 1 saturated carbocycles. The van der Waals surface area contributed by atoms with Crippen molar-refractivity contribution < 1.29 is 4.39 Å². The number of aromatic nitrogens is 3. The molecular weight excluding hydrogens is 275 g/mol. The number of rotatable bonds is 2. The summed E-state index contributed by atoms with van der Waals surface area (Å²) in [6.45, 7) is 0. The first-order valence-electron chi connectivity index (χ1n) is 6.32. The molecule has 0 unspecified atom stereocenters. The van der Waals surface area contributed by atoms with Gasteiger partial charge in [-0.2, -0.15) is 14.9 Å². The van der Waals surface area contributed by atoms with Crippen LogP contribution in [0.4, 0.5) is 4.39 Å². The lowest BCUT2D eigenvalue weighted by molar-refractivity contribution is 0.628. The van der Waals surface area contributed by atoms with E-state index in [2.05, 4.69) is 16.2 Å². The molecule has 0 bridgehead atoms. The van der Waals surface area contributed by atoms with Gasteiger partial charge in [0, 0.05) is 11.5 Å². The Hall–Kier alpha value is -2.26. The Labute approximate surface area is 118 Å².